The van der Waals surface area contributed by atoms with E-state index in [1.807, 2.05) is 35.7 Å². The SMILES string of the molecule is CC(C)(C)c1nc(Sc2nc(-c3ccsc3)nc3ccccc23)n[nH]1. The average Bonchev–Trinajstić information content (AvgIpc) is 3.26. The molecule has 4 rings (SSSR count). The molecule has 126 valence electrons. The van der Waals surface area contributed by atoms with E-state index in [9.17, 15) is 0 Å². The molecular weight excluding hydrogens is 350 g/mol. The van der Waals surface area contributed by atoms with Gasteiger partial charge in [-0.3, -0.25) is 5.10 Å². The third-order valence-corrected chi connectivity index (χ3v) is 5.26. The molecule has 0 radical (unpaired) electrons. The van der Waals surface area contributed by atoms with E-state index in [2.05, 4.69) is 41.3 Å². The summed E-state index contributed by atoms with van der Waals surface area (Å²) in [6.07, 6.45) is 0. The van der Waals surface area contributed by atoms with Crippen molar-refractivity contribution in [2.24, 2.45) is 0 Å². The molecule has 3 heterocycles. The van der Waals surface area contributed by atoms with Crippen molar-refractivity contribution in [2.75, 3.05) is 0 Å². The molecule has 0 bridgehead atoms. The summed E-state index contributed by atoms with van der Waals surface area (Å²) in [4.78, 5) is 14.1. The van der Waals surface area contributed by atoms with Crippen molar-refractivity contribution < 1.29 is 0 Å². The van der Waals surface area contributed by atoms with Crippen LogP contribution in [-0.2, 0) is 5.41 Å². The zero-order chi connectivity index (χ0) is 17.4. The second kappa shape index (κ2) is 6.24. The summed E-state index contributed by atoms with van der Waals surface area (Å²) in [5.41, 5.74) is 1.89. The van der Waals surface area contributed by atoms with Crippen molar-refractivity contribution in [1.82, 2.24) is 25.1 Å². The average molecular weight is 368 g/mol. The third kappa shape index (κ3) is 3.29. The fraction of sp³-hybridized carbons (Fsp3) is 0.222. The molecule has 3 aromatic heterocycles. The lowest BCUT2D eigenvalue weighted by Gasteiger charge is -2.12. The number of thiophene rings is 1. The van der Waals surface area contributed by atoms with Crippen LogP contribution >= 0.6 is 23.1 Å². The van der Waals surface area contributed by atoms with E-state index in [4.69, 9.17) is 9.97 Å². The summed E-state index contributed by atoms with van der Waals surface area (Å²) < 4.78 is 0. The summed E-state index contributed by atoms with van der Waals surface area (Å²) in [6.45, 7) is 6.32. The van der Waals surface area contributed by atoms with Crippen molar-refractivity contribution in [2.45, 2.75) is 36.4 Å². The first-order chi connectivity index (χ1) is 12.0. The monoisotopic (exact) mass is 367 g/mol. The van der Waals surface area contributed by atoms with Crippen LogP contribution in [0.1, 0.15) is 26.6 Å². The van der Waals surface area contributed by atoms with Crippen molar-refractivity contribution >= 4 is 34.0 Å². The Balaban J connectivity index is 1.79. The largest absolute Gasteiger partial charge is 0.262 e. The highest BCUT2D eigenvalue weighted by Crippen LogP contribution is 2.32. The van der Waals surface area contributed by atoms with Crippen LogP contribution in [0.4, 0.5) is 0 Å². The lowest BCUT2D eigenvalue weighted by molar-refractivity contribution is 0.547. The molecule has 1 aromatic carbocycles. The summed E-state index contributed by atoms with van der Waals surface area (Å²) >= 11 is 3.10. The predicted octanol–water partition coefficient (Wildman–Crippen LogP) is 4.93. The van der Waals surface area contributed by atoms with E-state index < -0.39 is 0 Å². The number of nitrogens with zero attached hydrogens (tertiary/aromatic N) is 4. The maximum atomic E-state index is 4.77. The standard InChI is InChI=1S/C18H17N5S2/c1-18(2,3)16-21-17(23-22-16)25-15-12-6-4-5-7-13(12)19-14(20-15)11-8-9-24-10-11/h4-10H,1-3H3,(H,21,22,23). The number of fused-ring (bicyclic) bond motifs is 1. The van der Waals surface area contributed by atoms with Crippen molar-refractivity contribution in [3.63, 3.8) is 0 Å². The van der Waals surface area contributed by atoms with Gasteiger partial charge in [-0.1, -0.05) is 39.0 Å². The number of H-pyrrole nitrogens is 1. The Morgan fingerprint density at radius 1 is 1.04 bits per heavy atom. The minimum absolute atomic E-state index is 0.0681. The van der Waals surface area contributed by atoms with Crippen LogP contribution in [0.5, 0.6) is 0 Å². The van der Waals surface area contributed by atoms with Crippen molar-refractivity contribution in [3.8, 4) is 11.4 Å². The van der Waals surface area contributed by atoms with E-state index in [0.717, 1.165) is 33.1 Å². The van der Waals surface area contributed by atoms with E-state index in [1.165, 1.54) is 11.8 Å². The van der Waals surface area contributed by atoms with Crippen LogP contribution in [-0.4, -0.2) is 25.1 Å². The maximum absolute atomic E-state index is 4.77. The molecule has 0 spiro atoms. The highest BCUT2D eigenvalue weighted by molar-refractivity contribution is 7.99. The van der Waals surface area contributed by atoms with Crippen LogP contribution in [0.3, 0.4) is 0 Å². The number of hydrogen-bond acceptors (Lipinski definition) is 6. The molecule has 4 aromatic rings. The summed E-state index contributed by atoms with van der Waals surface area (Å²) in [6, 6.07) is 10.1. The van der Waals surface area contributed by atoms with Gasteiger partial charge in [-0.25, -0.2) is 15.0 Å². The van der Waals surface area contributed by atoms with E-state index >= 15 is 0 Å². The molecule has 0 aliphatic carbocycles. The number of rotatable bonds is 3. The van der Waals surface area contributed by atoms with Gasteiger partial charge in [-0.15, -0.1) is 5.10 Å². The molecule has 0 fully saturated rings. The van der Waals surface area contributed by atoms with Gasteiger partial charge >= 0.3 is 0 Å². The molecule has 0 unspecified atom stereocenters. The molecule has 1 N–H and O–H groups in total. The smallest absolute Gasteiger partial charge is 0.214 e. The molecule has 0 saturated heterocycles. The van der Waals surface area contributed by atoms with Crippen LogP contribution in [0.15, 0.2) is 51.3 Å². The van der Waals surface area contributed by atoms with Gasteiger partial charge in [0, 0.05) is 21.7 Å². The lowest BCUT2D eigenvalue weighted by Crippen LogP contribution is -2.13. The molecule has 7 heteroatoms. The quantitative estimate of drug-likeness (QED) is 0.520. The summed E-state index contributed by atoms with van der Waals surface area (Å²) in [5.74, 6) is 1.60. The van der Waals surface area contributed by atoms with Gasteiger partial charge < -0.3 is 0 Å². The second-order valence-corrected chi connectivity index (χ2v) is 8.44. The first-order valence-corrected chi connectivity index (χ1v) is 9.67. The Bertz CT molecular complexity index is 1020. The van der Waals surface area contributed by atoms with E-state index in [-0.39, 0.29) is 5.41 Å². The fourth-order valence-corrected chi connectivity index (χ4v) is 3.81. The predicted molar refractivity (Wildman–Crippen MR) is 102 cm³/mol. The molecule has 0 saturated carbocycles. The van der Waals surface area contributed by atoms with Gasteiger partial charge in [0.15, 0.2) is 5.82 Å². The van der Waals surface area contributed by atoms with E-state index in [0.29, 0.717) is 5.16 Å². The van der Waals surface area contributed by atoms with Gasteiger partial charge in [0.1, 0.15) is 10.9 Å². The van der Waals surface area contributed by atoms with Crippen LogP contribution in [0.2, 0.25) is 0 Å². The number of hydrogen-bond donors (Lipinski definition) is 1. The number of para-hydroxylation sites is 1. The summed E-state index contributed by atoms with van der Waals surface area (Å²) in [7, 11) is 0. The normalized spacial score (nSPS) is 12.0. The van der Waals surface area contributed by atoms with Crippen molar-refractivity contribution in [1.29, 1.82) is 0 Å². The Kier molecular flexibility index (Phi) is 4.05. The number of nitrogens with one attached hydrogen (secondary N) is 1. The second-order valence-electron chi connectivity index (χ2n) is 6.70. The Labute approximate surface area is 154 Å². The zero-order valence-electron chi connectivity index (χ0n) is 14.1. The first kappa shape index (κ1) is 16.2. The van der Waals surface area contributed by atoms with E-state index in [1.54, 1.807) is 11.3 Å². The first-order valence-electron chi connectivity index (χ1n) is 7.91. The molecule has 0 aliphatic rings. The zero-order valence-corrected chi connectivity index (χ0v) is 15.8. The molecule has 0 aliphatic heterocycles. The fourth-order valence-electron chi connectivity index (χ4n) is 2.36. The Hall–Kier alpha value is -2.25. The third-order valence-electron chi connectivity index (χ3n) is 3.71. The highest BCUT2D eigenvalue weighted by atomic mass is 32.2. The minimum Gasteiger partial charge on any atom is -0.262 e. The van der Waals surface area contributed by atoms with Crippen LogP contribution in [0.25, 0.3) is 22.3 Å². The van der Waals surface area contributed by atoms with Gasteiger partial charge in [0.25, 0.3) is 0 Å². The number of aromatic nitrogens is 5. The van der Waals surface area contributed by atoms with Gasteiger partial charge in [-0.05, 0) is 29.3 Å². The molecular formula is C18H17N5S2. The lowest BCUT2D eigenvalue weighted by atomic mass is 9.96. The molecule has 5 nitrogen and oxygen atoms in total. The Morgan fingerprint density at radius 3 is 2.60 bits per heavy atom. The molecule has 0 atom stereocenters. The number of aromatic amines is 1. The van der Waals surface area contributed by atoms with Crippen molar-refractivity contribution in [3.05, 3.63) is 46.9 Å². The van der Waals surface area contributed by atoms with Gasteiger partial charge in [0.05, 0.1) is 5.52 Å². The topological polar surface area (TPSA) is 67.3 Å². The molecule has 25 heavy (non-hydrogen) atoms. The maximum Gasteiger partial charge on any atom is 0.214 e. The molecule has 0 amide bonds. The Morgan fingerprint density at radius 2 is 1.88 bits per heavy atom. The minimum atomic E-state index is -0.0681. The summed E-state index contributed by atoms with van der Waals surface area (Å²) in [5, 5.41) is 14.0. The van der Waals surface area contributed by atoms with Crippen LogP contribution < -0.4 is 0 Å². The van der Waals surface area contributed by atoms with Gasteiger partial charge in [0.2, 0.25) is 5.16 Å². The highest BCUT2D eigenvalue weighted by Gasteiger charge is 2.20. The van der Waals surface area contributed by atoms with Gasteiger partial charge in [-0.2, -0.15) is 11.3 Å². The number of benzene rings is 1. The van der Waals surface area contributed by atoms with Crippen LogP contribution in [0, 0.1) is 0 Å².